The van der Waals surface area contributed by atoms with Crippen LogP contribution in [0.1, 0.15) is 30.9 Å². The number of nitrogens with zero attached hydrogens (tertiary/aromatic N) is 2. The highest BCUT2D eigenvalue weighted by atomic mass is 127. The van der Waals surface area contributed by atoms with E-state index in [4.69, 9.17) is 0 Å². The van der Waals surface area contributed by atoms with Crippen LogP contribution in [0.15, 0.2) is 52.2 Å². The van der Waals surface area contributed by atoms with E-state index in [0.29, 0.717) is 12.1 Å². The quantitative estimate of drug-likeness (QED) is 0.382. The van der Waals surface area contributed by atoms with Crippen LogP contribution in [0.25, 0.3) is 0 Å². The molecule has 142 valence electrons. The van der Waals surface area contributed by atoms with Crippen molar-refractivity contribution in [2.24, 2.45) is 4.99 Å². The van der Waals surface area contributed by atoms with E-state index in [1.54, 1.807) is 11.3 Å². The third kappa shape index (κ3) is 6.25. The third-order valence-corrected chi connectivity index (χ3v) is 5.58. The highest BCUT2D eigenvalue weighted by molar-refractivity contribution is 14.0. The molecule has 2 heterocycles. The summed E-state index contributed by atoms with van der Waals surface area (Å²) in [6.07, 6.45) is 2.29. The smallest absolute Gasteiger partial charge is 0.191 e. The lowest BCUT2D eigenvalue weighted by Crippen LogP contribution is -2.51. The summed E-state index contributed by atoms with van der Waals surface area (Å²) in [5.74, 6) is 0.903. The predicted octanol–water partition coefficient (Wildman–Crippen LogP) is 4.08. The first-order chi connectivity index (χ1) is 12.2. The Morgan fingerprint density at radius 3 is 2.69 bits per heavy atom. The van der Waals surface area contributed by atoms with Crippen molar-refractivity contribution in [3.8, 4) is 0 Å². The molecule has 0 aliphatic carbocycles. The van der Waals surface area contributed by atoms with E-state index in [-0.39, 0.29) is 24.0 Å². The van der Waals surface area contributed by atoms with Crippen molar-refractivity contribution >= 4 is 41.3 Å². The molecule has 0 bridgehead atoms. The second-order valence-corrected chi connectivity index (χ2v) is 7.51. The van der Waals surface area contributed by atoms with Gasteiger partial charge in [0.15, 0.2) is 5.96 Å². The van der Waals surface area contributed by atoms with E-state index in [9.17, 15) is 0 Å². The second-order valence-electron chi connectivity index (χ2n) is 6.73. The average molecular weight is 484 g/mol. The second kappa shape index (κ2) is 10.9. The molecule has 3 rings (SSSR count). The Morgan fingerprint density at radius 2 is 2.04 bits per heavy atom. The van der Waals surface area contributed by atoms with Gasteiger partial charge in [0.05, 0.1) is 0 Å². The number of benzene rings is 1. The van der Waals surface area contributed by atoms with Crippen LogP contribution in [0.4, 0.5) is 0 Å². The van der Waals surface area contributed by atoms with Gasteiger partial charge in [-0.05, 0) is 47.7 Å². The summed E-state index contributed by atoms with van der Waals surface area (Å²) in [5, 5.41) is 11.3. The van der Waals surface area contributed by atoms with Crippen molar-refractivity contribution in [1.29, 1.82) is 0 Å². The molecule has 0 amide bonds. The number of rotatable bonds is 5. The lowest BCUT2D eigenvalue weighted by Gasteiger charge is -2.38. The van der Waals surface area contributed by atoms with Crippen molar-refractivity contribution < 1.29 is 0 Å². The number of piperidine rings is 1. The van der Waals surface area contributed by atoms with Gasteiger partial charge in [-0.15, -0.1) is 24.0 Å². The number of hydrogen-bond donors (Lipinski definition) is 2. The standard InChI is InChI=1S/C20H28N4S.HI/c1-16-12-19(8-10-24(16)14-17-6-4-3-5-7-17)23-20(21-2)22-13-18-9-11-25-15-18;/h3-7,9,11,15-16,19H,8,10,12-14H2,1-2H3,(H2,21,22,23);1H. The van der Waals surface area contributed by atoms with Crippen molar-refractivity contribution in [3.63, 3.8) is 0 Å². The predicted molar refractivity (Wildman–Crippen MR) is 122 cm³/mol. The summed E-state index contributed by atoms with van der Waals surface area (Å²) >= 11 is 1.73. The zero-order chi connectivity index (χ0) is 17.5. The Morgan fingerprint density at radius 1 is 1.23 bits per heavy atom. The first-order valence-electron chi connectivity index (χ1n) is 9.01. The Bertz CT molecular complexity index is 660. The van der Waals surface area contributed by atoms with Crippen LogP contribution >= 0.6 is 35.3 Å². The van der Waals surface area contributed by atoms with Crippen LogP contribution in [0.5, 0.6) is 0 Å². The third-order valence-electron chi connectivity index (χ3n) is 4.85. The maximum atomic E-state index is 4.38. The van der Waals surface area contributed by atoms with Gasteiger partial charge in [-0.3, -0.25) is 9.89 Å². The minimum absolute atomic E-state index is 0. The van der Waals surface area contributed by atoms with Crippen LogP contribution in [0.3, 0.4) is 0 Å². The van der Waals surface area contributed by atoms with Gasteiger partial charge in [-0.1, -0.05) is 30.3 Å². The Hall–Kier alpha value is -1.12. The topological polar surface area (TPSA) is 39.7 Å². The van der Waals surface area contributed by atoms with Crippen molar-refractivity contribution in [2.45, 2.75) is 44.9 Å². The normalized spacial score (nSPS) is 21.1. The molecular weight excluding hydrogens is 455 g/mol. The number of aliphatic imine (C=N–C) groups is 1. The molecule has 1 aromatic heterocycles. The van der Waals surface area contributed by atoms with Gasteiger partial charge in [0.1, 0.15) is 0 Å². The van der Waals surface area contributed by atoms with Gasteiger partial charge in [-0.25, -0.2) is 0 Å². The van der Waals surface area contributed by atoms with E-state index in [0.717, 1.165) is 38.4 Å². The van der Waals surface area contributed by atoms with E-state index >= 15 is 0 Å². The summed E-state index contributed by atoms with van der Waals surface area (Å²) < 4.78 is 0. The van der Waals surface area contributed by atoms with Gasteiger partial charge in [-0.2, -0.15) is 11.3 Å². The summed E-state index contributed by atoms with van der Waals surface area (Å²) in [6, 6.07) is 14.0. The fourth-order valence-corrected chi connectivity index (χ4v) is 4.04. The number of likely N-dealkylation sites (tertiary alicyclic amines) is 1. The zero-order valence-electron chi connectivity index (χ0n) is 15.5. The molecule has 0 spiro atoms. The number of guanidine groups is 1. The maximum absolute atomic E-state index is 4.38. The summed E-state index contributed by atoms with van der Waals surface area (Å²) in [6.45, 7) is 5.32. The van der Waals surface area contributed by atoms with Crippen LogP contribution in [-0.4, -0.2) is 36.5 Å². The Balaban J connectivity index is 0.00000243. The minimum atomic E-state index is 0. The molecule has 2 N–H and O–H groups in total. The summed E-state index contributed by atoms with van der Waals surface area (Å²) in [7, 11) is 1.84. The lowest BCUT2D eigenvalue weighted by molar-refractivity contribution is 0.134. The zero-order valence-corrected chi connectivity index (χ0v) is 18.7. The van der Waals surface area contributed by atoms with E-state index in [2.05, 4.69) is 74.6 Å². The molecule has 2 aromatic rings. The van der Waals surface area contributed by atoms with Gasteiger partial charge >= 0.3 is 0 Å². The van der Waals surface area contributed by atoms with Gasteiger partial charge < -0.3 is 10.6 Å². The van der Waals surface area contributed by atoms with Crippen LogP contribution in [-0.2, 0) is 13.1 Å². The maximum Gasteiger partial charge on any atom is 0.191 e. The van der Waals surface area contributed by atoms with Crippen LogP contribution in [0, 0.1) is 0 Å². The Labute approximate surface area is 178 Å². The van der Waals surface area contributed by atoms with Crippen LogP contribution < -0.4 is 10.6 Å². The molecule has 0 saturated carbocycles. The first kappa shape index (κ1) is 21.2. The molecule has 4 nitrogen and oxygen atoms in total. The fraction of sp³-hybridized carbons (Fsp3) is 0.450. The van der Waals surface area contributed by atoms with Gasteiger partial charge in [0.2, 0.25) is 0 Å². The van der Waals surface area contributed by atoms with Crippen molar-refractivity contribution in [3.05, 3.63) is 58.3 Å². The first-order valence-corrected chi connectivity index (χ1v) is 9.95. The number of hydrogen-bond acceptors (Lipinski definition) is 3. The van der Waals surface area contributed by atoms with Crippen molar-refractivity contribution in [1.82, 2.24) is 15.5 Å². The van der Waals surface area contributed by atoms with E-state index < -0.39 is 0 Å². The molecule has 1 fully saturated rings. The summed E-state index contributed by atoms with van der Waals surface area (Å²) in [4.78, 5) is 6.96. The Kier molecular flexibility index (Phi) is 8.87. The fourth-order valence-electron chi connectivity index (χ4n) is 3.37. The summed E-state index contributed by atoms with van der Waals surface area (Å²) in [5.41, 5.74) is 2.70. The molecule has 1 aliphatic rings. The molecule has 1 aliphatic heterocycles. The largest absolute Gasteiger partial charge is 0.354 e. The molecule has 0 radical (unpaired) electrons. The van der Waals surface area contributed by atoms with Crippen LogP contribution in [0.2, 0.25) is 0 Å². The van der Waals surface area contributed by atoms with E-state index in [1.807, 2.05) is 7.05 Å². The molecule has 6 heteroatoms. The molecule has 26 heavy (non-hydrogen) atoms. The molecule has 1 saturated heterocycles. The number of halogens is 1. The highest BCUT2D eigenvalue weighted by Gasteiger charge is 2.25. The highest BCUT2D eigenvalue weighted by Crippen LogP contribution is 2.20. The molecule has 2 unspecified atom stereocenters. The SMILES string of the molecule is CN=C(NCc1ccsc1)NC1CCN(Cc2ccccc2)C(C)C1.I. The van der Waals surface area contributed by atoms with Gasteiger partial charge in [0, 0.05) is 38.8 Å². The monoisotopic (exact) mass is 484 g/mol. The number of thiophene rings is 1. The van der Waals surface area contributed by atoms with Gasteiger partial charge in [0.25, 0.3) is 0 Å². The molecule has 2 atom stereocenters. The lowest BCUT2D eigenvalue weighted by atomic mass is 9.97. The van der Waals surface area contributed by atoms with Crippen molar-refractivity contribution in [2.75, 3.05) is 13.6 Å². The molecular formula is C20H29IN4S. The molecule has 1 aromatic carbocycles. The minimum Gasteiger partial charge on any atom is -0.354 e. The van der Waals surface area contributed by atoms with E-state index in [1.165, 1.54) is 11.1 Å². The average Bonchev–Trinajstić information content (AvgIpc) is 3.15. The number of nitrogens with one attached hydrogen (secondary N) is 2.